The van der Waals surface area contributed by atoms with Gasteiger partial charge in [0.25, 0.3) is 5.69 Å². The maximum absolute atomic E-state index is 10.7. The van der Waals surface area contributed by atoms with E-state index in [1.54, 1.807) is 12.1 Å². The zero-order chi connectivity index (χ0) is 11.5. The van der Waals surface area contributed by atoms with E-state index in [0.29, 0.717) is 12.6 Å². The summed E-state index contributed by atoms with van der Waals surface area (Å²) in [7, 11) is 0. The van der Waals surface area contributed by atoms with Gasteiger partial charge >= 0.3 is 0 Å². The van der Waals surface area contributed by atoms with E-state index in [1.807, 2.05) is 6.07 Å². The molecule has 1 unspecified atom stereocenters. The van der Waals surface area contributed by atoms with Crippen LogP contribution in [0.3, 0.4) is 0 Å². The van der Waals surface area contributed by atoms with Crippen LogP contribution in [0.4, 0.5) is 11.4 Å². The van der Waals surface area contributed by atoms with E-state index in [0.717, 1.165) is 25.1 Å². The maximum atomic E-state index is 10.7. The molecule has 2 rings (SSSR count). The number of nitro benzene ring substituents is 1. The summed E-state index contributed by atoms with van der Waals surface area (Å²) in [6.07, 6.45) is 2.17. The lowest BCUT2D eigenvalue weighted by molar-refractivity contribution is -0.384. The van der Waals surface area contributed by atoms with Crippen LogP contribution < -0.4 is 10.6 Å². The van der Waals surface area contributed by atoms with Gasteiger partial charge in [-0.2, -0.15) is 0 Å². The number of hydrogen-bond acceptors (Lipinski definition) is 4. The molecule has 16 heavy (non-hydrogen) atoms. The molecule has 1 fully saturated rings. The number of non-ortho nitro benzene ring substituents is 1. The van der Waals surface area contributed by atoms with Gasteiger partial charge in [-0.25, -0.2) is 0 Å². The second kappa shape index (κ2) is 4.49. The van der Waals surface area contributed by atoms with E-state index in [2.05, 4.69) is 4.90 Å². The minimum Gasteiger partial charge on any atom is -0.367 e. The molecule has 0 radical (unpaired) electrons. The largest absolute Gasteiger partial charge is 0.367 e. The number of rotatable bonds is 3. The van der Waals surface area contributed by atoms with Crippen molar-refractivity contribution in [3.63, 3.8) is 0 Å². The normalized spacial score (nSPS) is 20.1. The zero-order valence-electron chi connectivity index (χ0n) is 9.00. The summed E-state index contributed by atoms with van der Waals surface area (Å²) >= 11 is 0. The van der Waals surface area contributed by atoms with Crippen LogP contribution in [-0.4, -0.2) is 24.1 Å². The van der Waals surface area contributed by atoms with Gasteiger partial charge < -0.3 is 10.6 Å². The Morgan fingerprint density at radius 3 is 3.06 bits per heavy atom. The molecule has 0 spiro atoms. The molecule has 0 aliphatic carbocycles. The van der Waals surface area contributed by atoms with Crippen LogP contribution >= 0.6 is 0 Å². The third-order valence-electron chi connectivity index (χ3n) is 3.02. The lowest BCUT2D eigenvalue weighted by Crippen LogP contribution is -2.35. The number of anilines is 1. The Hall–Kier alpha value is -1.62. The molecule has 2 N–H and O–H groups in total. The Balaban J connectivity index is 2.26. The van der Waals surface area contributed by atoms with E-state index in [1.165, 1.54) is 6.07 Å². The fourth-order valence-corrected chi connectivity index (χ4v) is 2.21. The molecule has 1 aliphatic rings. The highest BCUT2D eigenvalue weighted by molar-refractivity contribution is 5.54. The number of nitrogens with zero attached hydrogens (tertiary/aromatic N) is 2. The minimum absolute atomic E-state index is 0.139. The Kier molecular flexibility index (Phi) is 3.05. The highest BCUT2D eigenvalue weighted by Crippen LogP contribution is 2.27. The molecule has 5 heteroatoms. The van der Waals surface area contributed by atoms with Gasteiger partial charge in [-0.15, -0.1) is 0 Å². The fourth-order valence-electron chi connectivity index (χ4n) is 2.21. The predicted octanol–water partition coefficient (Wildman–Crippen LogP) is 1.52. The smallest absolute Gasteiger partial charge is 0.271 e. The summed E-state index contributed by atoms with van der Waals surface area (Å²) in [5.74, 6) is 0. The Bertz CT molecular complexity index is 395. The molecule has 0 amide bonds. The van der Waals surface area contributed by atoms with Gasteiger partial charge in [0.05, 0.1) is 4.92 Å². The highest BCUT2D eigenvalue weighted by atomic mass is 16.6. The molecule has 0 aromatic heterocycles. The fraction of sp³-hybridized carbons (Fsp3) is 0.455. The first kappa shape index (κ1) is 10.9. The molecule has 1 aliphatic heterocycles. The molecule has 0 bridgehead atoms. The van der Waals surface area contributed by atoms with Crippen LogP contribution in [0.25, 0.3) is 0 Å². The van der Waals surface area contributed by atoms with E-state index in [9.17, 15) is 10.1 Å². The lowest BCUT2D eigenvalue weighted by atomic mass is 10.2. The van der Waals surface area contributed by atoms with Crippen molar-refractivity contribution >= 4 is 11.4 Å². The molecule has 0 saturated carbocycles. The molecule has 1 aromatic carbocycles. The van der Waals surface area contributed by atoms with Crippen LogP contribution in [-0.2, 0) is 0 Å². The molecule has 1 saturated heterocycles. The summed E-state index contributed by atoms with van der Waals surface area (Å²) in [5, 5.41) is 10.7. The maximum Gasteiger partial charge on any atom is 0.271 e. The van der Waals surface area contributed by atoms with Crippen LogP contribution in [0.2, 0.25) is 0 Å². The van der Waals surface area contributed by atoms with Crippen molar-refractivity contribution in [2.45, 2.75) is 18.9 Å². The Labute approximate surface area is 94.0 Å². The second-order valence-corrected chi connectivity index (χ2v) is 4.00. The van der Waals surface area contributed by atoms with Crippen molar-refractivity contribution in [2.24, 2.45) is 5.73 Å². The van der Waals surface area contributed by atoms with E-state index in [-0.39, 0.29) is 10.6 Å². The van der Waals surface area contributed by atoms with Crippen molar-refractivity contribution in [1.29, 1.82) is 0 Å². The van der Waals surface area contributed by atoms with Gasteiger partial charge in [-0.3, -0.25) is 10.1 Å². The van der Waals surface area contributed by atoms with E-state index < -0.39 is 0 Å². The van der Waals surface area contributed by atoms with Crippen LogP contribution in [0.15, 0.2) is 24.3 Å². The Morgan fingerprint density at radius 1 is 1.56 bits per heavy atom. The van der Waals surface area contributed by atoms with Gasteiger partial charge in [-0.05, 0) is 18.9 Å². The van der Waals surface area contributed by atoms with Gasteiger partial charge in [-0.1, -0.05) is 6.07 Å². The first-order valence-corrected chi connectivity index (χ1v) is 5.43. The van der Waals surface area contributed by atoms with Crippen LogP contribution in [0.5, 0.6) is 0 Å². The molecule has 1 heterocycles. The first-order valence-electron chi connectivity index (χ1n) is 5.43. The first-order chi connectivity index (χ1) is 7.72. The number of nitrogens with two attached hydrogens (primary N) is 1. The van der Waals surface area contributed by atoms with Gasteiger partial charge in [0.15, 0.2) is 0 Å². The molecular weight excluding hydrogens is 206 g/mol. The number of benzene rings is 1. The number of hydrogen-bond donors (Lipinski definition) is 1. The average Bonchev–Trinajstić information content (AvgIpc) is 2.77. The quantitative estimate of drug-likeness (QED) is 0.620. The van der Waals surface area contributed by atoms with E-state index >= 15 is 0 Å². The molecule has 1 aromatic rings. The lowest BCUT2D eigenvalue weighted by Gasteiger charge is -2.25. The molecule has 5 nitrogen and oxygen atoms in total. The summed E-state index contributed by atoms with van der Waals surface area (Å²) in [4.78, 5) is 12.5. The van der Waals surface area contributed by atoms with Crippen molar-refractivity contribution in [2.75, 3.05) is 18.0 Å². The number of nitro groups is 1. The molecular formula is C11H15N3O2. The molecule has 1 atom stereocenters. The van der Waals surface area contributed by atoms with Gasteiger partial charge in [0, 0.05) is 37.0 Å². The summed E-state index contributed by atoms with van der Waals surface area (Å²) in [5.41, 5.74) is 6.73. The highest BCUT2D eigenvalue weighted by Gasteiger charge is 2.24. The third-order valence-corrected chi connectivity index (χ3v) is 3.02. The van der Waals surface area contributed by atoms with Crippen molar-refractivity contribution in [3.8, 4) is 0 Å². The summed E-state index contributed by atoms with van der Waals surface area (Å²) < 4.78 is 0. The topological polar surface area (TPSA) is 72.4 Å². The third kappa shape index (κ3) is 1.99. The van der Waals surface area contributed by atoms with Gasteiger partial charge in [0.2, 0.25) is 0 Å². The Morgan fingerprint density at radius 2 is 2.38 bits per heavy atom. The molecule has 86 valence electrons. The standard InChI is InChI=1S/C11H15N3O2/c12-8-11-5-2-6-13(11)9-3-1-4-10(7-9)14(15)16/h1,3-4,7,11H,2,5-6,8,12H2. The zero-order valence-corrected chi connectivity index (χ0v) is 9.00. The van der Waals surface area contributed by atoms with Gasteiger partial charge in [0.1, 0.15) is 0 Å². The summed E-state index contributed by atoms with van der Waals surface area (Å²) in [6.45, 7) is 1.53. The van der Waals surface area contributed by atoms with Crippen molar-refractivity contribution < 1.29 is 4.92 Å². The van der Waals surface area contributed by atoms with Crippen molar-refractivity contribution in [3.05, 3.63) is 34.4 Å². The van der Waals surface area contributed by atoms with E-state index in [4.69, 9.17) is 5.73 Å². The SMILES string of the molecule is NCC1CCCN1c1cccc([N+](=O)[O-])c1. The van der Waals surface area contributed by atoms with Crippen molar-refractivity contribution in [1.82, 2.24) is 0 Å². The average molecular weight is 221 g/mol. The second-order valence-electron chi connectivity index (χ2n) is 4.00. The minimum atomic E-state index is -0.364. The van der Waals surface area contributed by atoms with Crippen LogP contribution in [0.1, 0.15) is 12.8 Å². The van der Waals surface area contributed by atoms with Crippen LogP contribution in [0, 0.1) is 10.1 Å². The predicted molar refractivity (Wildman–Crippen MR) is 62.5 cm³/mol. The monoisotopic (exact) mass is 221 g/mol. The summed E-state index contributed by atoms with van der Waals surface area (Å²) in [6, 6.07) is 7.08.